The number of amides is 11. The van der Waals surface area contributed by atoms with Crippen LogP contribution in [0.25, 0.3) is 0 Å². The van der Waals surface area contributed by atoms with E-state index in [1.165, 1.54) is 6.92 Å². The molecule has 1 aromatic rings. The number of carbonyl (C=O) groups excluding carboxylic acids is 10. The lowest BCUT2D eigenvalue weighted by molar-refractivity contribution is -0.148. The van der Waals surface area contributed by atoms with E-state index < -0.39 is 132 Å². The number of aliphatic hydroxyl groups excluding tert-OH is 1. The Bertz CT molecular complexity index is 2100. The molecule has 0 spiro atoms. The molecule has 10 atom stereocenters. The molecule has 27 nitrogen and oxygen atoms in total. The molecule has 27 heteroatoms. The largest absolute Gasteiger partial charge is 0.391 e. The average molecular weight is 1100 g/mol. The molecule has 11 amide bonds. The topological polar surface area (TPSA) is 448 Å². The third-order valence-corrected chi connectivity index (χ3v) is 12.6. The van der Waals surface area contributed by atoms with Crippen molar-refractivity contribution in [1.82, 2.24) is 58.5 Å². The van der Waals surface area contributed by atoms with Gasteiger partial charge in [0.2, 0.25) is 53.0 Å². The van der Waals surface area contributed by atoms with Gasteiger partial charge in [0.05, 0.1) is 6.10 Å². The quantitative estimate of drug-likeness (QED) is 0.0413. The maximum atomic E-state index is 14.4. The van der Waals surface area contributed by atoms with Crippen molar-refractivity contribution in [2.45, 2.75) is 178 Å². The molecule has 1 saturated heterocycles. The Labute approximate surface area is 456 Å². The summed E-state index contributed by atoms with van der Waals surface area (Å²) in [5.41, 5.74) is 21.3. The number of nitrogens with one attached hydrogen (secondary N) is 11. The van der Waals surface area contributed by atoms with E-state index in [0.29, 0.717) is 18.5 Å². The molecule has 1 aliphatic heterocycles. The van der Waals surface area contributed by atoms with Crippen molar-refractivity contribution >= 4 is 59.2 Å². The molecule has 0 saturated carbocycles. The summed E-state index contributed by atoms with van der Waals surface area (Å²) in [7, 11) is 0. The molecule has 78 heavy (non-hydrogen) atoms. The SMILES string of the molecule is CCCCCCCCNC(=O)N[C@H](C(=O)N[C@@H](CCN)C(=O)N[C@H]1CCNC(=O)[C@](C)(O)NC(=O)[C@H](CCN)NC(=O)[C@H](CCN)NC(=O)[C@H](CC(C)C)NC(=O)[C@@H](Cc2ccccc2)NC(=O)[C@H](CCN)NC1=O)[C@@H](C)O. The van der Waals surface area contributed by atoms with Gasteiger partial charge in [-0.2, -0.15) is 0 Å². The van der Waals surface area contributed by atoms with Gasteiger partial charge in [0.1, 0.15) is 48.3 Å². The van der Waals surface area contributed by atoms with Gasteiger partial charge >= 0.3 is 6.03 Å². The Morgan fingerprint density at radius 1 is 0.667 bits per heavy atom. The molecule has 1 heterocycles. The zero-order valence-corrected chi connectivity index (χ0v) is 45.9. The lowest BCUT2D eigenvalue weighted by Crippen LogP contribution is -2.63. The summed E-state index contributed by atoms with van der Waals surface area (Å²) in [5, 5.41) is 49.4. The summed E-state index contributed by atoms with van der Waals surface area (Å²) >= 11 is 0. The number of nitrogens with two attached hydrogens (primary N) is 4. The van der Waals surface area contributed by atoms with Gasteiger partial charge < -0.3 is 91.6 Å². The highest BCUT2D eigenvalue weighted by atomic mass is 16.3. The van der Waals surface area contributed by atoms with E-state index in [9.17, 15) is 58.2 Å². The second kappa shape index (κ2) is 35.8. The van der Waals surface area contributed by atoms with E-state index in [4.69, 9.17) is 22.9 Å². The van der Waals surface area contributed by atoms with Crippen LogP contribution in [0.1, 0.15) is 117 Å². The highest BCUT2D eigenvalue weighted by Gasteiger charge is 2.38. The minimum atomic E-state index is -2.67. The highest BCUT2D eigenvalue weighted by molar-refractivity contribution is 5.99. The second-order valence-electron chi connectivity index (χ2n) is 20.0. The first-order valence-electron chi connectivity index (χ1n) is 27.0. The van der Waals surface area contributed by atoms with Crippen LogP contribution in [0, 0.1) is 5.92 Å². The van der Waals surface area contributed by atoms with E-state index >= 15 is 0 Å². The first-order valence-corrected chi connectivity index (χ1v) is 27.0. The first-order chi connectivity index (χ1) is 37.0. The zero-order chi connectivity index (χ0) is 58.4. The molecule has 0 bridgehead atoms. The van der Waals surface area contributed by atoms with Crippen LogP contribution in [-0.2, 0) is 49.6 Å². The van der Waals surface area contributed by atoms with Gasteiger partial charge in [-0.05, 0) is 96.5 Å². The predicted octanol–water partition coefficient (Wildman–Crippen LogP) is -4.18. The summed E-state index contributed by atoms with van der Waals surface area (Å²) < 4.78 is 0. The lowest BCUT2D eigenvalue weighted by atomic mass is 10.00. The Morgan fingerprint density at radius 3 is 1.73 bits per heavy atom. The summed E-state index contributed by atoms with van der Waals surface area (Å²) in [4.78, 5) is 139. The fraction of sp³-hybridized carbons (Fsp3) is 0.686. The normalized spacial score (nSPS) is 23.6. The molecule has 0 aliphatic carbocycles. The molecule has 440 valence electrons. The van der Waals surface area contributed by atoms with Crippen LogP contribution in [-0.4, -0.2) is 169 Å². The Hall–Kier alpha value is -6.52. The maximum absolute atomic E-state index is 14.4. The first kappa shape index (κ1) is 67.6. The molecular weight excluding hydrogens is 1010 g/mol. The number of carbonyl (C=O) groups is 10. The number of hydrogen-bond donors (Lipinski definition) is 17. The van der Waals surface area contributed by atoms with Gasteiger partial charge in [-0.15, -0.1) is 0 Å². The minimum Gasteiger partial charge on any atom is -0.391 e. The summed E-state index contributed by atoms with van der Waals surface area (Å²) in [6.45, 7) is 7.07. The maximum Gasteiger partial charge on any atom is 0.315 e. The molecular formula is C51H89N15O12. The van der Waals surface area contributed by atoms with Gasteiger partial charge in [0, 0.05) is 19.5 Å². The summed E-state index contributed by atoms with van der Waals surface area (Å²) in [6.07, 6.45) is 3.12. The number of urea groups is 1. The predicted molar refractivity (Wildman–Crippen MR) is 290 cm³/mol. The van der Waals surface area contributed by atoms with Gasteiger partial charge in [-0.3, -0.25) is 43.2 Å². The fourth-order valence-electron chi connectivity index (χ4n) is 8.26. The van der Waals surface area contributed by atoms with Crippen molar-refractivity contribution in [1.29, 1.82) is 0 Å². The zero-order valence-electron chi connectivity index (χ0n) is 45.9. The lowest BCUT2D eigenvalue weighted by Gasteiger charge is -2.29. The molecule has 2 rings (SSSR count). The van der Waals surface area contributed by atoms with Crippen molar-refractivity contribution < 1.29 is 58.2 Å². The van der Waals surface area contributed by atoms with Crippen LogP contribution in [0.5, 0.6) is 0 Å². The number of rotatable bonds is 25. The van der Waals surface area contributed by atoms with Crippen molar-refractivity contribution in [3.05, 3.63) is 35.9 Å². The molecule has 0 radical (unpaired) electrons. The van der Waals surface area contributed by atoms with Gasteiger partial charge in [-0.1, -0.05) is 83.2 Å². The summed E-state index contributed by atoms with van der Waals surface area (Å²) in [6, 6.07) is -3.79. The standard InChI is InChI=1S/C51H89N15O12/c1-6-7-8-9-10-14-26-57-50(77)65-40(31(4)67)48(75)62-35(19-24-54)42(69)61-37-21-27-56-49(76)51(5,78)66-47(74)36(20-25-55)60-41(68)33(17-22-52)59-45(72)38(28-30(2)3)63-46(73)39(29-32-15-12-11-13-16-32)64-43(70)34(18-23-53)58-44(37)71/h11-13,15-16,30-31,33-40,67,78H,6-10,14,17-29,52-55H2,1-5H3,(H,56,76)(H,58,71)(H,59,72)(H,60,68)(H,61,69)(H,62,75)(H,63,73)(H,64,70)(H,66,74)(H2,57,65,77)/t31-,33+,34+,35+,36+,37+,38+,39-,40+,51+/m1/s1. The van der Waals surface area contributed by atoms with Crippen molar-refractivity contribution in [2.24, 2.45) is 28.9 Å². The molecule has 1 fully saturated rings. The Kier molecular flexibility index (Phi) is 31.0. The fourth-order valence-corrected chi connectivity index (χ4v) is 8.26. The number of benzene rings is 1. The van der Waals surface area contributed by atoms with Crippen LogP contribution in [0.2, 0.25) is 0 Å². The molecule has 1 aromatic carbocycles. The van der Waals surface area contributed by atoms with Crippen LogP contribution in [0.4, 0.5) is 4.79 Å². The van der Waals surface area contributed by atoms with Crippen LogP contribution >= 0.6 is 0 Å². The second-order valence-corrected chi connectivity index (χ2v) is 20.0. The van der Waals surface area contributed by atoms with Crippen molar-refractivity contribution in [3.8, 4) is 0 Å². The van der Waals surface area contributed by atoms with Gasteiger partial charge in [-0.25, -0.2) is 4.79 Å². The van der Waals surface area contributed by atoms with Crippen LogP contribution < -0.4 is 81.4 Å². The number of hydrogen-bond acceptors (Lipinski definition) is 16. The Morgan fingerprint density at radius 2 is 1.18 bits per heavy atom. The number of aliphatic hydroxyl groups is 2. The van der Waals surface area contributed by atoms with Crippen LogP contribution in [0.3, 0.4) is 0 Å². The minimum absolute atomic E-state index is 0.0548. The molecule has 0 aromatic heterocycles. The van der Waals surface area contributed by atoms with Crippen LogP contribution in [0.15, 0.2) is 30.3 Å². The third-order valence-electron chi connectivity index (χ3n) is 12.6. The number of unbranched alkanes of at least 4 members (excludes halogenated alkanes) is 5. The monoisotopic (exact) mass is 1100 g/mol. The van der Waals surface area contributed by atoms with Crippen molar-refractivity contribution in [2.75, 3.05) is 39.3 Å². The third kappa shape index (κ3) is 24.4. The molecule has 0 unspecified atom stereocenters. The molecule has 1 aliphatic rings. The molecule has 21 N–H and O–H groups in total. The van der Waals surface area contributed by atoms with E-state index in [2.05, 4.69) is 65.4 Å². The highest BCUT2D eigenvalue weighted by Crippen LogP contribution is 2.12. The van der Waals surface area contributed by atoms with Crippen molar-refractivity contribution in [3.63, 3.8) is 0 Å². The average Bonchev–Trinajstić information content (AvgIpc) is 3.38. The Balaban J connectivity index is 2.63. The van der Waals surface area contributed by atoms with Gasteiger partial charge in [0.25, 0.3) is 5.91 Å². The summed E-state index contributed by atoms with van der Waals surface area (Å²) in [5.74, 6) is -8.83. The van der Waals surface area contributed by atoms with Gasteiger partial charge in [0.15, 0.2) is 0 Å². The van der Waals surface area contributed by atoms with E-state index in [0.717, 1.165) is 39.0 Å². The van der Waals surface area contributed by atoms with E-state index in [-0.39, 0.29) is 70.6 Å². The smallest absolute Gasteiger partial charge is 0.315 e. The van der Waals surface area contributed by atoms with E-state index in [1.807, 2.05) is 0 Å². The van der Waals surface area contributed by atoms with E-state index in [1.54, 1.807) is 44.2 Å².